The summed E-state index contributed by atoms with van der Waals surface area (Å²) < 4.78 is 1.65. The number of nitrogens with zero attached hydrogens (tertiary/aromatic N) is 5. The Morgan fingerprint density at radius 1 is 1.31 bits per heavy atom. The molecule has 0 N–H and O–H groups in total. The van der Waals surface area contributed by atoms with E-state index in [9.17, 15) is 9.59 Å². The first-order valence-electron chi connectivity index (χ1n) is 8.15. The zero-order valence-corrected chi connectivity index (χ0v) is 14.8. The van der Waals surface area contributed by atoms with Crippen LogP contribution in [-0.4, -0.2) is 50.7 Å². The highest BCUT2D eigenvalue weighted by Gasteiger charge is 2.29. The van der Waals surface area contributed by atoms with Gasteiger partial charge in [0.2, 0.25) is 5.78 Å². The molecule has 4 rings (SSSR count). The average Bonchev–Trinajstić information content (AvgIpc) is 3.07. The molecule has 7 nitrogen and oxygen atoms in total. The van der Waals surface area contributed by atoms with E-state index in [-0.39, 0.29) is 18.4 Å². The van der Waals surface area contributed by atoms with Crippen LogP contribution in [0, 0.1) is 0 Å². The van der Waals surface area contributed by atoms with Gasteiger partial charge in [-0.25, -0.2) is 9.99 Å². The van der Waals surface area contributed by atoms with Crippen molar-refractivity contribution in [3.8, 4) is 0 Å². The van der Waals surface area contributed by atoms with Crippen molar-refractivity contribution in [1.82, 2.24) is 19.6 Å². The second-order valence-electron chi connectivity index (χ2n) is 6.15. The molecular formula is C18H16ClN5O2. The molecule has 0 aliphatic carbocycles. The summed E-state index contributed by atoms with van der Waals surface area (Å²) in [5, 5.41) is 3.91. The van der Waals surface area contributed by atoms with E-state index >= 15 is 0 Å². The number of Topliss-reactive ketones (excluding diaryl/α,β-unsaturated/α-hetero) is 1. The number of carbonyl (C=O) groups is 2. The van der Waals surface area contributed by atoms with Crippen LogP contribution >= 0.6 is 11.6 Å². The molecule has 26 heavy (non-hydrogen) atoms. The minimum Gasteiger partial charge on any atom is -0.331 e. The van der Waals surface area contributed by atoms with Crippen molar-refractivity contribution in [2.45, 2.75) is 6.42 Å². The van der Waals surface area contributed by atoms with Crippen LogP contribution in [0.2, 0.25) is 5.02 Å². The fraction of sp³-hybridized carbons (Fsp3) is 0.222. The maximum atomic E-state index is 12.8. The summed E-state index contributed by atoms with van der Waals surface area (Å²) in [4.78, 5) is 33.8. The number of aliphatic imine (C=N–C) groups is 1. The summed E-state index contributed by atoms with van der Waals surface area (Å²) >= 11 is 6.02. The average molecular weight is 370 g/mol. The zero-order valence-electron chi connectivity index (χ0n) is 14.1. The molecule has 2 aromatic rings. The minimum absolute atomic E-state index is 0.125. The van der Waals surface area contributed by atoms with Gasteiger partial charge in [0.1, 0.15) is 6.67 Å². The van der Waals surface area contributed by atoms with Crippen molar-refractivity contribution in [2.24, 2.45) is 12.0 Å². The Kier molecular flexibility index (Phi) is 4.08. The number of aromatic nitrogens is 2. The standard InChI is InChI=1S/C18H16ClN5O2/c1-22-7-5-21-17(22)16(25)13-9-20-11-23(10-13)24-6-4-12-8-14(19)2-3-15(12)18(24)26/h2-3,5,7-10H,4,6,11H2,1H3. The van der Waals surface area contributed by atoms with Gasteiger partial charge in [-0.2, -0.15) is 0 Å². The van der Waals surface area contributed by atoms with E-state index in [2.05, 4.69) is 9.98 Å². The highest BCUT2D eigenvalue weighted by atomic mass is 35.5. The van der Waals surface area contributed by atoms with Crippen molar-refractivity contribution < 1.29 is 9.59 Å². The molecule has 0 atom stereocenters. The highest BCUT2D eigenvalue weighted by molar-refractivity contribution is 6.30. The van der Waals surface area contributed by atoms with E-state index in [1.165, 1.54) is 6.21 Å². The molecule has 132 valence electrons. The van der Waals surface area contributed by atoms with Gasteiger partial charge in [0.25, 0.3) is 5.91 Å². The van der Waals surface area contributed by atoms with Gasteiger partial charge < -0.3 is 4.57 Å². The number of allylic oxidation sites excluding steroid dienone is 1. The van der Waals surface area contributed by atoms with Gasteiger partial charge in [-0.3, -0.25) is 19.6 Å². The number of rotatable bonds is 3. The largest absolute Gasteiger partial charge is 0.331 e. The van der Waals surface area contributed by atoms with E-state index in [1.807, 2.05) is 6.07 Å². The molecule has 0 saturated heterocycles. The van der Waals surface area contributed by atoms with Crippen LogP contribution in [0.5, 0.6) is 0 Å². The number of hydrogen-bond donors (Lipinski definition) is 0. The molecule has 1 aromatic heterocycles. The maximum absolute atomic E-state index is 12.8. The monoisotopic (exact) mass is 369 g/mol. The summed E-state index contributed by atoms with van der Waals surface area (Å²) in [6, 6.07) is 5.28. The normalized spacial score (nSPS) is 16.5. The van der Waals surface area contributed by atoms with Crippen molar-refractivity contribution in [2.75, 3.05) is 13.2 Å². The molecule has 2 aliphatic heterocycles. The molecule has 0 fully saturated rings. The predicted molar refractivity (Wildman–Crippen MR) is 97.0 cm³/mol. The summed E-state index contributed by atoms with van der Waals surface area (Å²) in [7, 11) is 1.76. The molecule has 0 unspecified atom stereocenters. The lowest BCUT2D eigenvalue weighted by Gasteiger charge is -2.37. The van der Waals surface area contributed by atoms with Gasteiger partial charge >= 0.3 is 0 Å². The van der Waals surface area contributed by atoms with Crippen molar-refractivity contribution in [1.29, 1.82) is 0 Å². The van der Waals surface area contributed by atoms with Gasteiger partial charge in [0.05, 0.1) is 5.57 Å². The predicted octanol–water partition coefficient (Wildman–Crippen LogP) is 2.10. The van der Waals surface area contributed by atoms with Crippen LogP contribution < -0.4 is 0 Å². The fourth-order valence-electron chi connectivity index (χ4n) is 3.12. The van der Waals surface area contributed by atoms with Gasteiger partial charge in [-0.05, 0) is 30.2 Å². The Morgan fingerprint density at radius 2 is 2.15 bits per heavy atom. The summed E-state index contributed by atoms with van der Waals surface area (Å²) in [5.74, 6) is -0.0304. The summed E-state index contributed by atoms with van der Waals surface area (Å²) in [6.07, 6.45) is 7.15. The summed E-state index contributed by atoms with van der Waals surface area (Å²) in [6.45, 7) is 0.786. The molecular weight excluding hydrogens is 354 g/mol. The number of hydrazine groups is 1. The third-order valence-electron chi connectivity index (χ3n) is 4.47. The third kappa shape index (κ3) is 2.80. The Hall–Kier alpha value is -2.93. The van der Waals surface area contributed by atoms with E-state index in [0.717, 1.165) is 5.56 Å². The number of halogens is 1. The molecule has 1 amide bonds. The van der Waals surface area contributed by atoms with Crippen molar-refractivity contribution >= 4 is 29.5 Å². The minimum atomic E-state index is -0.234. The lowest BCUT2D eigenvalue weighted by atomic mass is 10.00. The van der Waals surface area contributed by atoms with Gasteiger partial charge in [0, 0.05) is 49.0 Å². The lowest BCUT2D eigenvalue weighted by Crippen LogP contribution is -2.48. The molecule has 1 aromatic carbocycles. The SMILES string of the molecule is Cn1ccnc1C(=O)C1=CN(N2CCc3cc(Cl)ccc3C2=O)CN=C1. The molecule has 0 saturated carbocycles. The zero-order chi connectivity index (χ0) is 18.3. The van der Waals surface area contributed by atoms with E-state index < -0.39 is 0 Å². The Morgan fingerprint density at radius 3 is 2.92 bits per heavy atom. The number of fused-ring (bicyclic) bond motifs is 1. The second kappa shape index (κ2) is 6.42. The first-order chi connectivity index (χ1) is 12.5. The molecule has 3 heterocycles. The van der Waals surface area contributed by atoms with Crippen LogP contribution in [0.4, 0.5) is 0 Å². The van der Waals surface area contributed by atoms with Crippen LogP contribution in [0.1, 0.15) is 26.5 Å². The Bertz CT molecular complexity index is 962. The van der Waals surface area contributed by atoms with Gasteiger partial charge in [-0.1, -0.05) is 11.6 Å². The number of carbonyl (C=O) groups excluding carboxylic acids is 2. The van der Waals surface area contributed by atoms with E-state index in [4.69, 9.17) is 11.6 Å². The first-order valence-corrected chi connectivity index (χ1v) is 8.53. The topological polar surface area (TPSA) is 70.8 Å². The molecule has 0 radical (unpaired) electrons. The Balaban J connectivity index is 1.61. The quantitative estimate of drug-likeness (QED) is 0.777. The highest BCUT2D eigenvalue weighted by Crippen LogP contribution is 2.24. The first kappa shape index (κ1) is 16.5. The van der Waals surface area contributed by atoms with Crippen LogP contribution in [-0.2, 0) is 13.5 Å². The number of imidazole rings is 1. The molecule has 0 spiro atoms. The fourth-order valence-corrected chi connectivity index (χ4v) is 3.32. The van der Waals surface area contributed by atoms with E-state index in [0.29, 0.717) is 34.9 Å². The van der Waals surface area contributed by atoms with Crippen molar-refractivity contribution in [3.05, 3.63) is 64.3 Å². The second-order valence-corrected chi connectivity index (χ2v) is 6.58. The lowest BCUT2D eigenvalue weighted by molar-refractivity contribution is 0.0160. The molecule has 0 bridgehead atoms. The number of ketones is 1. The molecule has 2 aliphatic rings. The number of hydrogen-bond acceptors (Lipinski definition) is 5. The van der Waals surface area contributed by atoms with Crippen LogP contribution in [0.25, 0.3) is 0 Å². The van der Waals surface area contributed by atoms with Crippen LogP contribution in [0.15, 0.2) is 47.4 Å². The smallest absolute Gasteiger partial charge is 0.272 e. The summed E-state index contributed by atoms with van der Waals surface area (Å²) in [5.41, 5.74) is 1.95. The third-order valence-corrected chi connectivity index (χ3v) is 4.70. The van der Waals surface area contributed by atoms with Crippen molar-refractivity contribution in [3.63, 3.8) is 0 Å². The van der Waals surface area contributed by atoms with Gasteiger partial charge in [-0.15, -0.1) is 0 Å². The number of aryl methyl sites for hydroxylation is 1. The Labute approximate surface area is 155 Å². The molecule has 8 heteroatoms. The van der Waals surface area contributed by atoms with Gasteiger partial charge in [0.15, 0.2) is 5.82 Å². The van der Waals surface area contributed by atoms with E-state index in [1.54, 1.807) is 52.4 Å². The number of benzene rings is 1. The maximum Gasteiger partial charge on any atom is 0.272 e. The number of amides is 1. The van der Waals surface area contributed by atoms with Crippen LogP contribution in [0.3, 0.4) is 0 Å².